The van der Waals surface area contributed by atoms with E-state index in [-0.39, 0.29) is 24.1 Å². The molecule has 0 radical (unpaired) electrons. The highest BCUT2D eigenvalue weighted by atomic mass is 16.5. The molecule has 1 aliphatic rings. The van der Waals surface area contributed by atoms with E-state index in [1.165, 1.54) is 5.56 Å². The van der Waals surface area contributed by atoms with Gasteiger partial charge in [0.25, 0.3) is 0 Å². The first-order chi connectivity index (χ1) is 12.0. The smallest absolute Gasteiger partial charge is 0.311 e. The number of ether oxygens (including phenoxy) is 3. The summed E-state index contributed by atoms with van der Waals surface area (Å²) in [7, 11) is 0. The third-order valence-electron chi connectivity index (χ3n) is 5.08. The molecular weight excluding hydrogens is 316 g/mol. The summed E-state index contributed by atoms with van der Waals surface area (Å²) in [6, 6.07) is 10.2. The predicted octanol–water partition coefficient (Wildman–Crippen LogP) is 4.22. The Labute approximate surface area is 151 Å². The van der Waals surface area contributed by atoms with Crippen LogP contribution in [0.25, 0.3) is 0 Å². The molecule has 4 heteroatoms. The zero-order valence-electron chi connectivity index (χ0n) is 15.9. The Morgan fingerprint density at radius 1 is 1.24 bits per heavy atom. The SMILES string of the molecule is CCOC(=O)[C@@H](C)[C@@H]1O[C@@H]([C@H](C)COCc2ccccc2)CC[C@H]1C. The lowest BCUT2D eigenvalue weighted by atomic mass is 9.84. The van der Waals surface area contributed by atoms with Gasteiger partial charge in [0.2, 0.25) is 0 Å². The van der Waals surface area contributed by atoms with Crippen LogP contribution in [-0.2, 0) is 25.6 Å². The summed E-state index contributed by atoms with van der Waals surface area (Å²) in [6.07, 6.45) is 2.15. The molecule has 0 N–H and O–H groups in total. The van der Waals surface area contributed by atoms with Gasteiger partial charge >= 0.3 is 5.97 Å². The van der Waals surface area contributed by atoms with Crippen molar-refractivity contribution in [3.05, 3.63) is 35.9 Å². The maximum atomic E-state index is 12.1. The number of carbonyl (C=O) groups is 1. The van der Waals surface area contributed by atoms with Gasteiger partial charge in [-0.3, -0.25) is 4.79 Å². The largest absolute Gasteiger partial charge is 0.466 e. The van der Waals surface area contributed by atoms with Crippen LogP contribution in [0.2, 0.25) is 0 Å². The second-order valence-corrected chi connectivity index (χ2v) is 7.21. The minimum atomic E-state index is -0.227. The summed E-state index contributed by atoms with van der Waals surface area (Å²) in [4.78, 5) is 12.1. The van der Waals surface area contributed by atoms with Gasteiger partial charge in [-0.05, 0) is 38.2 Å². The van der Waals surface area contributed by atoms with Gasteiger partial charge in [0, 0.05) is 5.92 Å². The van der Waals surface area contributed by atoms with E-state index in [2.05, 4.69) is 26.0 Å². The van der Waals surface area contributed by atoms with E-state index in [0.29, 0.717) is 31.7 Å². The molecule has 25 heavy (non-hydrogen) atoms. The lowest BCUT2D eigenvalue weighted by Crippen LogP contribution is -2.44. The molecule has 0 saturated carbocycles. The van der Waals surface area contributed by atoms with Crippen molar-refractivity contribution in [2.75, 3.05) is 13.2 Å². The molecule has 0 unspecified atom stereocenters. The Morgan fingerprint density at radius 3 is 2.64 bits per heavy atom. The molecule has 1 aliphatic heterocycles. The third kappa shape index (κ3) is 5.82. The highest BCUT2D eigenvalue weighted by molar-refractivity contribution is 5.72. The van der Waals surface area contributed by atoms with Crippen LogP contribution in [0.5, 0.6) is 0 Å². The minimum Gasteiger partial charge on any atom is -0.466 e. The van der Waals surface area contributed by atoms with Crippen molar-refractivity contribution in [2.45, 2.75) is 59.4 Å². The summed E-state index contributed by atoms with van der Waals surface area (Å²) in [5.74, 6) is 0.282. The van der Waals surface area contributed by atoms with Gasteiger partial charge in [-0.2, -0.15) is 0 Å². The molecule has 4 nitrogen and oxygen atoms in total. The first-order valence-corrected chi connectivity index (χ1v) is 9.46. The second-order valence-electron chi connectivity index (χ2n) is 7.21. The van der Waals surface area contributed by atoms with Gasteiger partial charge in [0.05, 0.1) is 37.9 Å². The van der Waals surface area contributed by atoms with Crippen LogP contribution in [0.15, 0.2) is 30.3 Å². The summed E-state index contributed by atoms with van der Waals surface area (Å²) < 4.78 is 17.4. The molecular formula is C21H32O4. The monoisotopic (exact) mass is 348 g/mol. The van der Waals surface area contributed by atoms with Gasteiger partial charge in [0.15, 0.2) is 0 Å². The van der Waals surface area contributed by atoms with Crippen LogP contribution in [0.4, 0.5) is 0 Å². The highest BCUT2D eigenvalue weighted by Crippen LogP contribution is 2.33. The van der Waals surface area contributed by atoms with E-state index in [1.54, 1.807) is 0 Å². The zero-order chi connectivity index (χ0) is 18.2. The van der Waals surface area contributed by atoms with E-state index in [4.69, 9.17) is 14.2 Å². The number of carbonyl (C=O) groups excluding carboxylic acids is 1. The number of benzene rings is 1. The van der Waals surface area contributed by atoms with Gasteiger partial charge < -0.3 is 14.2 Å². The van der Waals surface area contributed by atoms with E-state index >= 15 is 0 Å². The third-order valence-corrected chi connectivity index (χ3v) is 5.08. The number of hydrogen-bond acceptors (Lipinski definition) is 4. The molecule has 1 aromatic carbocycles. The van der Waals surface area contributed by atoms with Crippen molar-refractivity contribution in [1.82, 2.24) is 0 Å². The van der Waals surface area contributed by atoms with Crippen LogP contribution in [0.1, 0.15) is 46.1 Å². The van der Waals surface area contributed by atoms with Gasteiger partial charge in [-0.15, -0.1) is 0 Å². The summed E-state index contributed by atoms with van der Waals surface area (Å²) >= 11 is 0. The molecule has 1 fully saturated rings. The highest BCUT2D eigenvalue weighted by Gasteiger charge is 2.37. The normalized spacial score (nSPS) is 26.0. The predicted molar refractivity (Wildman–Crippen MR) is 98.1 cm³/mol. The Kier molecular flexibility index (Phi) is 7.91. The lowest BCUT2D eigenvalue weighted by Gasteiger charge is -2.39. The molecule has 2 rings (SSSR count). The van der Waals surface area contributed by atoms with Crippen LogP contribution < -0.4 is 0 Å². The fraction of sp³-hybridized carbons (Fsp3) is 0.667. The van der Waals surface area contributed by atoms with Crippen molar-refractivity contribution in [2.24, 2.45) is 17.8 Å². The van der Waals surface area contributed by atoms with E-state index in [9.17, 15) is 4.79 Å². The maximum absolute atomic E-state index is 12.1. The Balaban J connectivity index is 1.83. The second kappa shape index (κ2) is 9.93. The van der Waals surface area contributed by atoms with Crippen LogP contribution in [0.3, 0.4) is 0 Å². The van der Waals surface area contributed by atoms with Crippen LogP contribution in [0, 0.1) is 17.8 Å². The van der Waals surface area contributed by atoms with Crippen molar-refractivity contribution in [3.8, 4) is 0 Å². The molecule has 140 valence electrons. The van der Waals surface area contributed by atoms with E-state index in [1.807, 2.05) is 32.0 Å². The van der Waals surface area contributed by atoms with Crippen molar-refractivity contribution in [1.29, 1.82) is 0 Å². The number of hydrogen-bond donors (Lipinski definition) is 0. The Morgan fingerprint density at radius 2 is 1.96 bits per heavy atom. The Bertz CT molecular complexity index is 516. The fourth-order valence-electron chi connectivity index (χ4n) is 3.48. The minimum absolute atomic E-state index is 0.0747. The van der Waals surface area contributed by atoms with Crippen molar-refractivity contribution < 1.29 is 19.0 Å². The average molecular weight is 348 g/mol. The standard InChI is InChI=1S/C21H32O4/c1-5-24-21(22)17(4)20-15(2)11-12-19(25-20)16(3)13-23-14-18-9-7-6-8-10-18/h6-10,15-17,19-20H,5,11-14H2,1-4H3/t15-,16-,17+,19-,20-/m1/s1. The average Bonchev–Trinajstić information content (AvgIpc) is 2.62. The zero-order valence-corrected chi connectivity index (χ0v) is 15.9. The molecule has 0 bridgehead atoms. The summed E-state index contributed by atoms with van der Waals surface area (Å²) in [5.41, 5.74) is 1.18. The molecule has 1 saturated heterocycles. The summed E-state index contributed by atoms with van der Waals surface area (Å²) in [5, 5.41) is 0. The lowest BCUT2D eigenvalue weighted by molar-refractivity contribution is -0.167. The van der Waals surface area contributed by atoms with E-state index in [0.717, 1.165) is 12.8 Å². The van der Waals surface area contributed by atoms with Crippen LogP contribution in [-0.4, -0.2) is 31.4 Å². The Hall–Kier alpha value is -1.39. The molecule has 5 atom stereocenters. The topological polar surface area (TPSA) is 44.8 Å². The number of esters is 1. The van der Waals surface area contributed by atoms with Crippen molar-refractivity contribution >= 4 is 5.97 Å². The van der Waals surface area contributed by atoms with Gasteiger partial charge in [-0.25, -0.2) is 0 Å². The van der Waals surface area contributed by atoms with Gasteiger partial charge in [-0.1, -0.05) is 44.2 Å². The van der Waals surface area contributed by atoms with E-state index < -0.39 is 0 Å². The number of rotatable bonds is 8. The summed E-state index contributed by atoms with van der Waals surface area (Å²) in [6.45, 7) is 9.77. The van der Waals surface area contributed by atoms with Crippen molar-refractivity contribution in [3.63, 3.8) is 0 Å². The van der Waals surface area contributed by atoms with Gasteiger partial charge in [0.1, 0.15) is 0 Å². The quantitative estimate of drug-likeness (QED) is 0.660. The molecule has 0 spiro atoms. The molecule has 1 aromatic rings. The first kappa shape index (κ1) is 19.9. The fourth-order valence-corrected chi connectivity index (χ4v) is 3.48. The maximum Gasteiger partial charge on any atom is 0.311 e. The molecule has 1 heterocycles. The van der Waals surface area contributed by atoms with Crippen LogP contribution >= 0.6 is 0 Å². The molecule has 0 aromatic heterocycles. The molecule has 0 amide bonds. The first-order valence-electron chi connectivity index (χ1n) is 9.46. The molecule has 0 aliphatic carbocycles.